The Morgan fingerprint density at radius 1 is 0.950 bits per heavy atom. The maximum Gasteiger partial charge on any atom is 0.410 e. The second-order valence-electron chi connectivity index (χ2n) is 10.2. The monoisotopic (exact) mass is 561 g/mol. The van der Waals surface area contributed by atoms with Gasteiger partial charge in [-0.3, -0.25) is 14.5 Å². The summed E-state index contributed by atoms with van der Waals surface area (Å²) in [7, 11) is 0. The fraction of sp³-hybridized carbons (Fsp3) is 0.400. The Labute approximate surface area is 238 Å². The van der Waals surface area contributed by atoms with Crippen molar-refractivity contribution in [2.75, 3.05) is 38.0 Å². The molecule has 1 atom stereocenters. The number of hydrogen-bond acceptors (Lipinski definition) is 7. The predicted molar refractivity (Wildman–Crippen MR) is 155 cm³/mol. The van der Waals surface area contributed by atoms with Gasteiger partial charge in [-0.2, -0.15) is 0 Å². The number of carbonyl (C=O) groups is 3. The fourth-order valence-corrected chi connectivity index (χ4v) is 5.84. The number of amides is 3. The number of likely N-dealkylation sites (tertiary alicyclic amines) is 2. The quantitative estimate of drug-likeness (QED) is 0.390. The summed E-state index contributed by atoms with van der Waals surface area (Å²) in [6, 6.07) is 16.2. The normalized spacial score (nSPS) is 17.4. The van der Waals surface area contributed by atoms with Crippen molar-refractivity contribution >= 4 is 34.4 Å². The minimum atomic E-state index is -0.594. The lowest BCUT2D eigenvalue weighted by Crippen LogP contribution is -2.43. The molecule has 2 saturated heterocycles. The van der Waals surface area contributed by atoms with E-state index in [9.17, 15) is 14.4 Å². The van der Waals surface area contributed by atoms with Crippen molar-refractivity contribution in [1.82, 2.24) is 20.1 Å². The molecule has 2 fully saturated rings. The summed E-state index contributed by atoms with van der Waals surface area (Å²) >= 11 is 1.32. The Bertz CT molecular complexity index is 1290. The van der Waals surface area contributed by atoms with E-state index in [0.29, 0.717) is 35.9 Å². The largest absolute Gasteiger partial charge is 0.445 e. The first kappa shape index (κ1) is 27.8. The smallest absolute Gasteiger partial charge is 0.410 e. The van der Waals surface area contributed by atoms with Gasteiger partial charge >= 0.3 is 6.09 Å². The lowest BCUT2D eigenvalue weighted by molar-refractivity contribution is -0.120. The highest BCUT2D eigenvalue weighted by molar-refractivity contribution is 7.14. The van der Waals surface area contributed by atoms with Crippen LogP contribution in [0.4, 0.5) is 9.93 Å². The molecule has 0 spiro atoms. The van der Waals surface area contributed by atoms with E-state index in [-0.39, 0.29) is 18.4 Å². The minimum absolute atomic E-state index is 0.0850. The van der Waals surface area contributed by atoms with Gasteiger partial charge in [-0.1, -0.05) is 48.9 Å². The zero-order valence-electron chi connectivity index (χ0n) is 22.5. The van der Waals surface area contributed by atoms with Crippen LogP contribution in [0.15, 0.2) is 60.0 Å². The second kappa shape index (κ2) is 13.5. The standard InChI is InChI=1S/C30H35N5O4S/c36-27(31-15-19-34-16-5-2-6-17-34)24-13-11-23(12-14-24)25-21-40-29(32-25)33-28(37)26-10-7-18-35(26)30(38)39-20-22-8-3-1-4-9-22/h1,3-4,8-9,11-14,21,26H,2,5-7,10,15-20H2,(H,31,36)(H,32,33,37)/t26-/m0/s1. The number of anilines is 1. The molecule has 0 saturated carbocycles. The van der Waals surface area contributed by atoms with Gasteiger partial charge in [0.15, 0.2) is 5.13 Å². The Balaban J connectivity index is 1.11. The third-order valence-electron chi connectivity index (χ3n) is 7.33. The highest BCUT2D eigenvalue weighted by Crippen LogP contribution is 2.27. The zero-order chi connectivity index (χ0) is 27.7. The van der Waals surface area contributed by atoms with Crippen LogP contribution in [0.3, 0.4) is 0 Å². The van der Waals surface area contributed by atoms with Gasteiger partial charge in [0.25, 0.3) is 5.91 Å². The number of rotatable bonds is 9. The third kappa shape index (κ3) is 7.25. The first-order chi connectivity index (χ1) is 19.6. The summed E-state index contributed by atoms with van der Waals surface area (Å²) in [5.74, 6) is -0.357. The average Bonchev–Trinajstić information content (AvgIpc) is 3.68. The Hall–Kier alpha value is -3.76. The molecule has 40 heavy (non-hydrogen) atoms. The molecular weight excluding hydrogens is 526 g/mol. The lowest BCUT2D eigenvalue weighted by atomic mass is 10.1. The van der Waals surface area contributed by atoms with Gasteiger partial charge in [0.1, 0.15) is 12.6 Å². The van der Waals surface area contributed by atoms with E-state index >= 15 is 0 Å². The molecular formula is C30H35N5O4S. The molecule has 2 aliphatic heterocycles. The maximum atomic E-state index is 13.0. The number of benzene rings is 2. The van der Waals surface area contributed by atoms with Gasteiger partial charge < -0.3 is 20.3 Å². The molecule has 3 heterocycles. The van der Waals surface area contributed by atoms with Gasteiger partial charge in [0.05, 0.1) is 5.69 Å². The fourth-order valence-electron chi connectivity index (χ4n) is 5.12. The van der Waals surface area contributed by atoms with E-state index in [2.05, 4.69) is 20.5 Å². The number of thiazole rings is 1. The van der Waals surface area contributed by atoms with E-state index in [0.717, 1.165) is 37.2 Å². The zero-order valence-corrected chi connectivity index (χ0v) is 23.3. The van der Waals surface area contributed by atoms with Crippen LogP contribution in [-0.4, -0.2) is 71.5 Å². The van der Waals surface area contributed by atoms with Crippen molar-refractivity contribution in [3.05, 3.63) is 71.1 Å². The SMILES string of the molecule is O=C(NCCN1CCCCC1)c1ccc(-c2csc(NC(=O)[C@@H]3CCCN3C(=O)OCc3ccccc3)n2)cc1. The molecule has 0 unspecified atom stereocenters. The highest BCUT2D eigenvalue weighted by atomic mass is 32.1. The van der Waals surface area contributed by atoms with E-state index < -0.39 is 12.1 Å². The summed E-state index contributed by atoms with van der Waals surface area (Å²) < 4.78 is 5.44. The summed E-state index contributed by atoms with van der Waals surface area (Å²) in [4.78, 5) is 46.7. The topological polar surface area (TPSA) is 104 Å². The van der Waals surface area contributed by atoms with Crippen molar-refractivity contribution in [2.24, 2.45) is 0 Å². The summed E-state index contributed by atoms with van der Waals surface area (Å²) in [6.45, 7) is 4.39. The van der Waals surface area contributed by atoms with Crippen molar-refractivity contribution in [2.45, 2.75) is 44.8 Å². The molecule has 0 bridgehead atoms. The van der Waals surface area contributed by atoms with Crippen LogP contribution in [0, 0.1) is 0 Å². The predicted octanol–water partition coefficient (Wildman–Crippen LogP) is 4.77. The van der Waals surface area contributed by atoms with Crippen molar-refractivity contribution in [1.29, 1.82) is 0 Å². The van der Waals surface area contributed by atoms with Gasteiger partial charge in [0.2, 0.25) is 5.91 Å². The van der Waals surface area contributed by atoms with Gasteiger partial charge in [-0.15, -0.1) is 11.3 Å². The number of nitrogens with zero attached hydrogens (tertiary/aromatic N) is 3. The molecule has 2 N–H and O–H groups in total. The molecule has 9 nitrogen and oxygen atoms in total. The van der Waals surface area contributed by atoms with Crippen LogP contribution in [-0.2, 0) is 16.1 Å². The van der Waals surface area contributed by atoms with E-state index in [1.165, 1.54) is 35.5 Å². The first-order valence-corrected chi connectivity index (χ1v) is 14.8. The summed E-state index contributed by atoms with van der Waals surface area (Å²) in [5, 5.41) is 8.20. The van der Waals surface area contributed by atoms with Crippen molar-refractivity contribution < 1.29 is 19.1 Å². The molecule has 0 radical (unpaired) electrons. The van der Waals surface area contributed by atoms with Crippen LogP contribution < -0.4 is 10.6 Å². The number of carbonyl (C=O) groups excluding carboxylic acids is 3. The molecule has 1 aromatic heterocycles. The van der Waals surface area contributed by atoms with Crippen LogP contribution in [0.2, 0.25) is 0 Å². The Kier molecular flexibility index (Phi) is 9.41. The van der Waals surface area contributed by atoms with E-state index in [1.54, 1.807) is 12.1 Å². The molecule has 10 heteroatoms. The summed E-state index contributed by atoms with van der Waals surface area (Å²) in [6.07, 6.45) is 4.59. The number of ether oxygens (including phenoxy) is 1. The van der Waals surface area contributed by atoms with Crippen LogP contribution in [0.25, 0.3) is 11.3 Å². The number of hydrogen-bond donors (Lipinski definition) is 2. The third-order valence-corrected chi connectivity index (χ3v) is 8.09. The number of nitrogens with one attached hydrogen (secondary N) is 2. The lowest BCUT2D eigenvalue weighted by Gasteiger charge is -2.26. The van der Waals surface area contributed by atoms with Gasteiger partial charge in [-0.05, 0) is 56.5 Å². The highest BCUT2D eigenvalue weighted by Gasteiger charge is 2.35. The first-order valence-electron chi connectivity index (χ1n) is 13.9. The van der Waals surface area contributed by atoms with Gasteiger partial charge in [-0.25, -0.2) is 9.78 Å². The maximum absolute atomic E-state index is 13.0. The van der Waals surface area contributed by atoms with E-state index in [4.69, 9.17) is 4.74 Å². The molecule has 210 valence electrons. The van der Waals surface area contributed by atoms with Crippen molar-refractivity contribution in [3.63, 3.8) is 0 Å². The molecule has 2 aliphatic rings. The average molecular weight is 562 g/mol. The minimum Gasteiger partial charge on any atom is -0.445 e. The van der Waals surface area contributed by atoms with Crippen LogP contribution in [0.1, 0.15) is 48.0 Å². The van der Waals surface area contributed by atoms with Crippen LogP contribution >= 0.6 is 11.3 Å². The van der Waals surface area contributed by atoms with Gasteiger partial charge in [0, 0.05) is 36.1 Å². The second-order valence-corrected chi connectivity index (χ2v) is 11.0. The Morgan fingerprint density at radius 2 is 1.73 bits per heavy atom. The molecule has 3 aromatic rings. The van der Waals surface area contributed by atoms with E-state index in [1.807, 2.05) is 47.8 Å². The molecule has 5 rings (SSSR count). The molecule has 0 aliphatic carbocycles. The summed E-state index contributed by atoms with van der Waals surface area (Å²) in [5.41, 5.74) is 3.07. The van der Waals surface area contributed by atoms with Crippen LogP contribution in [0.5, 0.6) is 0 Å². The number of piperidine rings is 1. The number of aromatic nitrogens is 1. The Morgan fingerprint density at radius 3 is 2.50 bits per heavy atom. The molecule has 2 aromatic carbocycles. The van der Waals surface area contributed by atoms with Crippen molar-refractivity contribution in [3.8, 4) is 11.3 Å². The molecule has 3 amide bonds.